The van der Waals surface area contributed by atoms with Gasteiger partial charge in [0.15, 0.2) is 0 Å². The molecule has 1 N–H and O–H groups in total. The lowest BCUT2D eigenvalue weighted by molar-refractivity contribution is 0.253. The van der Waals surface area contributed by atoms with Crippen molar-refractivity contribution in [1.82, 2.24) is 9.97 Å². The summed E-state index contributed by atoms with van der Waals surface area (Å²) in [5.74, 6) is 0. The van der Waals surface area contributed by atoms with Crippen molar-refractivity contribution in [3.8, 4) is 0 Å². The Morgan fingerprint density at radius 1 is 1.21 bits per heavy atom. The van der Waals surface area contributed by atoms with Crippen LogP contribution in [-0.2, 0) is 5.41 Å². The maximum atomic E-state index is 4.54. The van der Waals surface area contributed by atoms with E-state index < -0.39 is 0 Å². The minimum absolute atomic E-state index is 0.198. The summed E-state index contributed by atoms with van der Waals surface area (Å²) >= 11 is 3.52. The highest BCUT2D eigenvalue weighted by Gasteiger charge is 2.39. The van der Waals surface area contributed by atoms with Crippen LogP contribution in [0.4, 0.5) is 5.69 Å². The van der Waals surface area contributed by atoms with Gasteiger partial charge in [-0.3, -0.25) is 9.97 Å². The Kier molecular flexibility index (Phi) is 3.51. The van der Waals surface area contributed by atoms with Crippen LogP contribution in [0.5, 0.6) is 0 Å². The average Bonchev–Trinajstić information content (AvgIpc) is 2.41. The van der Waals surface area contributed by atoms with E-state index in [1.54, 1.807) is 6.20 Å². The highest BCUT2D eigenvalue weighted by Crippen LogP contribution is 2.43. The van der Waals surface area contributed by atoms with Crippen LogP contribution in [0.2, 0.25) is 0 Å². The minimum Gasteiger partial charge on any atom is -0.383 e. The highest BCUT2D eigenvalue weighted by atomic mass is 79.9. The van der Waals surface area contributed by atoms with Gasteiger partial charge in [-0.15, -0.1) is 0 Å². The summed E-state index contributed by atoms with van der Waals surface area (Å²) < 4.78 is 1.01. The summed E-state index contributed by atoms with van der Waals surface area (Å²) in [5.41, 5.74) is 2.50. The number of rotatable bonds is 4. The molecule has 0 aromatic carbocycles. The topological polar surface area (TPSA) is 37.8 Å². The maximum Gasteiger partial charge on any atom is 0.0590 e. The Morgan fingerprint density at radius 2 is 2.11 bits per heavy atom. The van der Waals surface area contributed by atoms with Crippen LogP contribution in [0.15, 0.2) is 47.3 Å². The zero-order chi connectivity index (χ0) is 13.1. The average molecular weight is 318 g/mol. The number of hydrogen-bond acceptors (Lipinski definition) is 3. The molecule has 0 atom stereocenters. The van der Waals surface area contributed by atoms with Gasteiger partial charge in [-0.2, -0.15) is 0 Å². The second kappa shape index (κ2) is 5.29. The molecule has 1 aliphatic carbocycles. The predicted molar refractivity (Wildman–Crippen MR) is 80.2 cm³/mol. The van der Waals surface area contributed by atoms with Crippen LogP contribution in [0.25, 0.3) is 0 Å². The first kappa shape index (κ1) is 12.6. The van der Waals surface area contributed by atoms with Crippen molar-refractivity contribution in [3.05, 3.63) is 53.0 Å². The van der Waals surface area contributed by atoms with Gasteiger partial charge >= 0.3 is 0 Å². The van der Waals surface area contributed by atoms with E-state index in [1.807, 2.05) is 24.5 Å². The SMILES string of the molecule is Brc1cnccc1NCC1(c2ccccn2)CCC1. The summed E-state index contributed by atoms with van der Waals surface area (Å²) in [5, 5.41) is 3.53. The molecule has 0 bridgehead atoms. The molecule has 4 heteroatoms. The molecule has 0 spiro atoms. The van der Waals surface area contributed by atoms with E-state index in [1.165, 1.54) is 25.0 Å². The Bertz CT molecular complexity index is 552. The number of aromatic nitrogens is 2. The fourth-order valence-electron chi connectivity index (χ4n) is 2.59. The molecule has 2 aromatic heterocycles. The zero-order valence-corrected chi connectivity index (χ0v) is 12.2. The number of anilines is 1. The van der Waals surface area contributed by atoms with Gasteiger partial charge in [0.1, 0.15) is 0 Å². The molecule has 0 unspecified atom stereocenters. The number of pyridine rings is 2. The summed E-state index contributed by atoms with van der Waals surface area (Å²) in [4.78, 5) is 8.63. The predicted octanol–water partition coefficient (Wildman–Crippen LogP) is 3.77. The molecule has 1 saturated carbocycles. The summed E-state index contributed by atoms with van der Waals surface area (Å²) in [6.45, 7) is 0.923. The molecule has 0 radical (unpaired) electrons. The quantitative estimate of drug-likeness (QED) is 0.932. The van der Waals surface area contributed by atoms with Crippen molar-refractivity contribution < 1.29 is 0 Å². The molecule has 3 rings (SSSR count). The van der Waals surface area contributed by atoms with E-state index in [-0.39, 0.29) is 5.41 Å². The molecule has 1 fully saturated rings. The third-order valence-electron chi connectivity index (χ3n) is 3.91. The normalized spacial score (nSPS) is 16.7. The smallest absolute Gasteiger partial charge is 0.0590 e. The van der Waals surface area contributed by atoms with Crippen LogP contribution in [-0.4, -0.2) is 16.5 Å². The fourth-order valence-corrected chi connectivity index (χ4v) is 2.98. The molecule has 0 saturated heterocycles. The standard InChI is InChI=1S/C15H16BrN3/c16-12-10-17-9-5-13(12)19-11-15(6-3-7-15)14-4-1-2-8-18-14/h1-2,4-5,8-10H,3,6-7,11H2,(H,17,19). The van der Waals surface area contributed by atoms with Crippen molar-refractivity contribution in [1.29, 1.82) is 0 Å². The molecule has 0 amide bonds. The molecule has 2 aromatic rings. The first-order chi connectivity index (χ1) is 9.30. The second-order valence-corrected chi connectivity index (χ2v) is 5.91. The van der Waals surface area contributed by atoms with Crippen molar-refractivity contribution >= 4 is 21.6 Å². The van der Waals surface area contributed by atoms with Gasteiger partial charge in [-0.25, -0.2) is 0 Å². The van der Waals surface area contributed by atoms with Crippen LogP contribution in [0.1, 0.15) is 25.0 Å². The largest absolute Gasteiger partial charge is 0.383 e. The van der Waals surface area contributed by atoms with Crippen LogP contribution in [0, 0.1) is 0 Å². The number of nitrogens with one attached hydrogen (secondary N) is 1. The van der Waals surface area contributed by atoms with E-state index in [9.17, 15) is 0 Å². The maximum absolute atomic E-state index is 4.54. The Labute approximate surface area is 121 Å². The van der Waals surface area contributed by atoms with Crippen molar-refractivity contribution in [2.75, 3.05) is 11.9 Å². The molecular weight excluding hydrogens is 302 g/mol. The van der Waals surface area contributed by atoms with Gasteiger partial charge in [0.2, 0.25) is 0 Å². The summed E-state index contributed by atoms with van der Waals surface area (Å²) in [7, 11) is 0. The Morgan fingerprint density at radius 3 is 2.74 bits per heavy atom. The van der Waals surface area contributed by atoms with Gasteiger partial charge in [-0.05, 0) is 47.0 Å². The van der Waals surface area contributed by atoms with E-state index in [0.29, 0.717) is 0 Å². The van der Waals surface area contributed by atoms with Crippen molar-refractivity contribution in [3.63, 3.8) is 0 Å². The van der Waals surface area contributed by atoms with Crippen molar-refractivity contribution in [2.45, 2.75) is 24.7 Å². The first-order valence-electron chi connectivity index (χ1n) is 6.55. The van der Waals surface area contributed by atoms with Gasteiger partial charge in [0, 0.05) is 36.2 Å². The molecule has 1 aliphatic rings. The van der Waals surface area contributed by atoms with Crippen molar-refractivity contribution in [2.24, 2.45) is 0 Å². The monoisotopic (exact) mass is 317 g/mol. The lowest BCUT2D eigenvalue weighted by Crippen LogP contribution is -2.41. The van der Waals surface area contributed by atoms with Crippen LogP contribution < -0.4 is 5.32 Å². The Balaban J connectivity index is 1.76. The fraction of sp³-hybridized carbons (Fsp3) is 0.333. The third-order valence-corrected chi connectivity index (χ3v) is 4.54. The Hall–Kier alpha value is -1.42. The number of hydrogen-bond donors (Lipinski definition) is 1. The van der Waals surface area contributed by atoms with Gasteiger partial charge in [0.05, 0.1) is 10.2 Å². The van der Waals surface area contributed by atoms with E-state index in [0.717, 1.165) is 16.7 Å². The number of halogens is 1. The van der Waals surface area contributed by atoms with E-state index >= 15 is 0 Å². The minimum atomic E-state index is 0.198. The number of nitrogens with zero attached hydrogens (tertiary/aromatic N) is 2. The molecular formula is C15H16BrN3. The first-order valence-corrected chi connectivity index (χ1v) is 7.34. The highest BCUT2D eigenvalue weighted by molar-refractivity contribution is 9.10. The molecule has 3 nitrogen and oxygen atoms in total. The lowest BCUT2D eigenvalue weighted by Gasteiger charge is -2.41. The van der Waals surface area contributed by atoms with Crippen LogP contribution in [0.3, 0.4) is 0 Å². The zero-order valence-electron chi connectivity index (χ0n) is 10.6. The van der Waals surface area contributed by atoms with Gasteiger partial charge in [0.25, 0.3) is 0 Å². The molecule has 0 aliphatic heterocycles. The molecule has 98 valence electrons. The summed E-state index contributed by atoms with van der Waals surface area (Å²) in [6.07, 6.45) is 9.21. The molecule has 19 heavy (non-hydrogen) atoms. The van der Waals surface area contributed by atoms with Gasteiger partial charge in [-0.1, -0.05) is 12.5 Å². The van der Waals surface area contributed by atoms with Gasteiger partial charge < -0.3 is 5.32 Å². The lowest BCUT2D eigenvalue weighted by atomic mass is 9.66. The summed E-state index contributed by atoms with van der Waals surface area (Å²) in [6, 6.07) is 8.19. The van der Waals surface area contributed by atoms with Crippen LogP contribution >= 0.6 is 15.9 Å². The van der Waals surface area contributed by atoms with E-state index in [2.05, 4.69) is 43.3 Å². The molecule has 2 heterocycles. The van der Waals surface area contributed by atoms with E-state index in [4.69, 9.17) is 0 Å². The second-order valence-electron chi connectivity index (χ2n) is 5.06. The third kappa shape index (κ3) is 2.50.